The molecule has 0 aliphatic carbocycles. The molecule has 9 heteroatoms. The highest BCUT2D eigenvalue weighted by atomic mass is 19.4. The topological polar surface area (TPSA) is 66.8 Å². The highest BCUT2D eigenvalue weighted by molar-refractivity contribution is 6.51. The Kier molecular flexibility index (Phi) is 7.85. The summed E-state index contributed by atoms with van der Waals surface area (Å²) in [5.41, 5.74) is -1.73. The van der Waals surface area contributed by atoms with Gasteiger partial charge in [-0.05, 0) is 55.0 Å². The SMILES string of the molecule is CCCCCOc1ccc(/C(O)=C2\C(=O)C(=O)N(c3cccc(C(F)(F)F)c3)C2c2ccccc2F)cc1. The number of Topliss-reactive ketones (excluding diaryl/α,β-unsaturated/α-hetero) is 1. The van der Waals surface area contributed by atoms with Gasteiger partial charge in [-0.3, -0.25) is 14.5 Å². The number of carbonyl (C=O) groups excluding carboxylic acids is 2. The number of amides is 1. The highest BCUT2D eigenvalue weighted by Crippen LogP contribution is 2.44. The van der Waals surface area contributed by atoms with Crippen molar-refractivity contribution < 1.29 is 37.0 Å². The van der Waals surface area contributed by atoms with Gasteiger partial charge in [0.2, 0.25) is 0 Å². The van der Waals surface area contributed by atoms with Crippen LogP contribution in [0, 0.1) is 5.82 Å². The first-order valence-electron chi connectivity index (χ1n) is 12.1. The number of nitrogens with zero attached hydrogens (tertiary/aromatic N) is 1. The van der Waals surface area contributed by atoms with Crippen LogP contribution in [0.5, 0.6) is 5.75 Å². The number of aliphatic hydroxyl groups excluding tert-OH is 1. The summed E-state index contributed by atoms with van der Waals surface area (Å²) < 4.78 is 60.8. The van der Waals surface area contributed by atoms with Crippen LogP contribution >= 0.6 is 0 Å². The number of alkyl halides is 3. The van der Waals surface area contributed by atoms with Crippen LogP contribution in [0.3, 0.4) is 0 Å². The summed E-state index contributed by atoms with van der Waals surface area (Å²) in [5, 5.41) is 11.2. The minimum absolute atomic E-state index is 0.151. The third-order valence-corrected chi connectivity index (χ3v) is 6.24. The molecule has 38 heavy (non-hydrogen) atoms. The molecule has 3 aromatic rings. The second-order valence-corrected chi connectivity index (χ2v) is 8.82. The van der Waals surface area contributed by atoms with Crippen LogP contribution in [0.25, 0.3) is 5.76 Å². The predicted octanol–water partition coefficient (Wildman–Crippen LogP) is 7.04. The molecule has 5 nitrogen and oxygen atoms in total. The molecule has 0 bridgehead atoms. The third kappa shape index (κ3) is 5.41. The monoisotopic (exact) mass is 527 g/mol. The van der Waals surface area contributed by atoms with Crippen molar-refractivity contribution in [2.24, 2.45) is 0 Å². The maximum absolute atomic E-state index is 15.0. The van der Waals surface area contributed by atoms with Crippen LogP contribution in [0.1, 0.15) is 48.9 Å². The molecule has 1 unspecified atom stereocenters. The van der Waals surface area contributed by atoms with Crippen LogP contribution in [-0.4, -0.2) is 23.4 Å². The fraction of sp³-hybridized carbons (Fsp3) is 0.241. The largest absolute Gasteiger partial charge is 0.507 e. The molecule has 1 aliphatic rings. The van der Waals surface area contributed by atoms with Gasteiger partial charge in [-0.1, -0.05) is 44.0 Å². The van der Waals surface area contributed by atoms with Crippen molar-refractivity contribution in [3.63, 3.8) is 0 Å². The second-order valence-electron chi connectivity index (χ2n) is 8.82. The quantitative estimate of drug-likeness (QED) is 0.112. The average Bonchev–Trinajstić information content (AvgIpc) is 3.16. The minimum Gasteiger partial charge on any atom is -0.507 e. The fourth-order valence-corrected chi connectivity index (χ4v) is 4.33. The molecule has 1 amide bonds. The summed E-state index contributed by atoms with van der Waals surface area (Å²) in [6, 6.07) is 13.8. The Labute approximate surface area is 217 Å². The molecule has 198 valence electrons. The standard InChI is InChI=1S/C29H25F4NO4/c1-2-3-6-16-38-21-14-12-18(13-15-21)26(35)24-25(22-10-4-5-11-23(22)30)34(28(37)27(24)36)20-9-7-8-19(17-20)29(31,32)33/h4-5,7-15,17,25,35H,2-3,6,16H2,1H3/b26-24+. The van der Waals surface area contributed by atoms with E-state index in [9.17, 15) is 32.3 Å². The molecule has 1 heterocycles. The number of hydrogen-bond acceptors (Lipinski definition) is 4. The summed E-state index contributed by atoms with van der Waals surface area (Å²) in [4.78, 5) is 27.1. The van der Waals surface area contributed by atoms with E-state index in [1.165, 1.54) is 36.4 Å². The first-order chi connectivity index (χ1) is 18.1. The lowest BCUT2D eigenvalue weighted by atomic mass is 9.94. The lowest BCUT2D eigenvalue weighted by molar-refractivity contribution is -0.137. The third-order valence-electron chi connectivity index (χ3n) is 6.24. The number of ketones is 1. The molecule has 1 atom stereocenters. The maximum atomic E-state index is 15.0. The van der Waals surface area contributed by atoms with Crippen molar-refractivity contribution >= 4 is 23.1 Å². The molecule has 0 spiro atoms. The molecule has 0 saturated carbocycles. The zero-order valence-corrected chi connectivity index (χ0v) is 20.5. The Morgan fingerprint density at radius 2 is 1.68 bits per heavy atom. The molecule has 4 rings (SSSR count). The molecular weight excluding hydrogens is 502 g/mol. The molecule has 1 N–H and O–H groups in total. The van der Waals surface area contributed by atoms with E-state index in [4.69, 9.17) is 4.74 Å². The molecular formula is C29H25F4NO4. The summed E-state index contributed by atoms with van der Waals surface area (Å²) in [7, 11) is 0. The van der Waals surface area contributed by atoms with Crippen LogP contribution in [0.4, 0.5) is 23.2 Å². The number of hydrogen-bond donors (Lipinski definition) is 1. The van der Waals surface area contributed by atoms with Crippen molar-refractivity contribution in [2.45, 2.75) is 38.4 Å². The van der Waals surface area contributed by atoms with Gasteiger partial charge in [0.1, 0.15) is 17.3 Å². The van der Waals surface area contributed by atoms with E-state index in [0.717, 1.165) is 42.4 Å². The highest BCUT2D eigenvalue weighted by Gasteiger charge is 2.48. The van der Waals surface area contributed by atoms with Crippen molar-refractivity contribution in [3.8, 4) is 5.75 Å². The number of aliphatic hydroxyl groups is 1. The average molecular weight is 528 g/mol. The summed E-state index contributed by atoms with van der Waals surface area (Å²) in [6.45, 7) is 2.58. The number of benzene rings is 3. The van der Waals surface area contributed by atoms with Crippen LogP contribution < -0.4 is 9.64 Å². The molecule has 0 aromatic heterocycles. The molecule has 1 fully saturated rings. The molecule has 1 aliphatic heterocycles. The van der Waals surface area contributed by atoms with E-state index in [-0.39, 0.29) is 16.8 Å². The van der Waals surface area contributed by atoms with Gasteiger partial charge in [-0.15, -0.1) is 0 Å². The van der Waals surface area contributed by atoms with Crippen LogP contribution in [-0.2, 0) is 15.8 Å². The number of anilines is 1. The van der Waals surface area contributed by atoms with Gasteiger partial charge in [-0.25, -0.2) is 4.39 Å². The number of halogens is 4. The Morgan fingerprint density at radius 1 is 0.974 bits per heavy atom. The maximum Gasteiger partial charge on any atom is 0.416 e. The van der Waals surface area contributed by atoms with Crippen LogP contribution in [0.15, 0.2) is 78.4 Å². The Balaban J connectivity index is 1.80. The fourth-order valence-electron chi connectivity index (χ4n) is 4.33. The van der Waals surface area contributed by atoms with E-state index < -0.39 is 46.6 Å². The predicted molar refractivity (Wildman–Crippen MR) is 134 cm³/mol. The van der Waals surface area contributed by atoms with Gasteiger partial charge in [0, 0.05) is 16.8 Å². The smallest absolute Gasteiger partial charge is 0.416 e. The van der Waals surface area contributed by atoms with Crippen LogP contribution in [0.2, 0.25) is 0 Å². The van der Waals surface area contributed by atoms with Gasteiger partial charge >= 0.3 is 6.18 Å². The van der Waals surface area contributed by atoms with Gasteiger partial charge in [0.15, 0.2) is 0 Å². The van der Waals surface area contributed by atoms with Gasteiger partial charge < -0.3 is 9.84 Å². The van der Waals surface area contributed by atoms with Gasteiger partial charge in [-0.2, -0.15) is 13.2 Å². The van der Waals surface area contributed by atoms with E-state index in [2.05, 4.69) is 6.92 Å². The Hall–Kier alpha value is -4.14. The summed E-state index contributed by atoms with van der Waals surface area (Å²) >= 11 is 0. The Morgan fingerprint density at radius 3 is 2.34 bits per heavy atom. The lowest BCUT2D eigenvalue weighted by Crippen LogP contribution is -2.30. The number of rotatable bonds is 8. The normalized spacial score (nSPS) is 17.2. The lowest BCUT2D eigenvalue weighted by Gasteiger charge is -2.26. The zero-order chi connectivity index (χ0) is 27.4. The summed E-state index contributed by atoms with van der Waals surface area (Å²) in [6.07, 6.45) is -1.78. The number of carbonyl (C=O) groups is 2. The first-order valence-corrected chi connectivity index (χ1v) is 12.1. The first kappa shape index (κ1) is 26.9. The minimum atomic E-state index is -4.71. The van der Waals surface area contributed by atoms with E-state index in [1.54, 1.807) is 12.1 Å². The van der Waals surface area contributed by atoms with Crippen molar-refractivity contribution in [3.05, 3.63) is 101 Å². The van der Waals surface area contributed by atoms with Gasteiger partial charge in [0.25, 0.3) is 11.7 Å². The van der Waals surface area contributed by atoms with E-state index >= 15 is 0 Å². The zero-order valence-electron chi connectivity index (χ0n) is 20.5. The van der Waals surface area contributed by atoms with Gasteiger partial charge in [0.05, 0.1) is 23.8 Å². The molecule has 3 aromatic carbocycles. The van der Waals surface area contributed by atoms with Crippen molar-refractivity contribution in [1.82, 2.24) is 0 Å². The van der Waals surface area contributed by atoms with Crippen molar-refractivity contribution in [1.29, 1.82) is 0 Å². The molecule has 1 saturated heterocycles. The Bertz CT molecular complexity index is 1370. The number of ether oxygens (including phenoxy) is 1. The summed E-state index contributed by atoms with van der Waals surface area (Å²) in [5.74, 6) is -3.17. The molecule has 0 radical (unpaired) electrons. The van der Waals surface area contributed by atoms with E-state index in [0.29, 0.717) is 18.4 Å². The van der Waals surface area contributed by atoms with E-state index in [1.807, 2.05) is 0 Å². The number of unbranched alkanes of at least 4 members (excludes halogenated alkanes) is 2. The second kappa shape index (κ2) is 11.1. The van der Waals surface area contributed by atoms with Crippen molar-refractivity contribution in [2.75, 3.05) is 11.5 Å².